The third-order valence-electron chi connectivity index (χ3n) is 2.96. The van der Waals surface area contributed by atoms with Crippen molar-refractivity contribution in [1.29, 1.82) is 0 Å². The van der Waals surface area contributed by atoms with Crippen LogP contribution in [0.5, 0.6) is 0 Å². The number of rotatable bonds is 6. The molecule has 0 bridgehead atoms. The zero-order valence-electron chi connectivity index (χ0n) is 11.0. The molecule has 0 saturated carbocycles. The number of imidazole rings is 1. The maximum Gasteiger partial charge on any atom is 0.122 e. The van der Waals surface area contributed by atoms with Crippen LogP contribution in [-0.2, 0) is 13.1 Å². The van der Waals surface area contributed by atoms with E-state index in [1.165, 1.54) is 0 Å². The lowest BCUT2D eigenvalue weighted by Crippen LogP contribution is -2.21. The van der Waals surface area contributed by atoms with Crippen LogP contribution in [0.15, 0.2) is 36.8 Å². The van der Waals surface area contributed by atoms with Crippen molar-refractivity contribution in [2.45, 2.75) is 39.4 Å². The van der Waals surface area contributed by atoms with E-state index in [-0.39, 0.29) is 6.04 Å². The molecule has 0 aromatic carbocycles. The van der Waals surface area contributed by atoms with Crippen LogP contribution in [0.3, 0.4) is 0 Å². The minimum atomic E-state index is 0.234. The van der Waals surface area contributed by atoms with Crippen molar-refractivity contribution >= 4 is 0 Å². The van der Waals surface area contributed by atoms with Gasteiger partial charge in [-0.3, -0.25) is 4.98 Å². The summed E-state index contributed by atoms with van der Waals surface area (Å²) < 4.78 is 2.19. The largest absolute Gasteiger partial charge is 0.334 e. The van der Waals surface area contributed by atoms with Gasteiger partial charge < -0.3 is 9.88 Å². The Morgan fingerprint density at radius 3 is 2.89 bits per heavy atom. The van der Waals surface area contributed by atoms with E-state index < -0.39 is 0 Å². The number of nitrogens with one attached hydrogen (secondary N) is 1. The Morgan fingerprint density at radius 2 is 2.17 bits per heavy atom. The lowest BCUT2D eigenvalue weighted by molar-refractivity contribution is 0.524. The van der Waals surface area contributed by atoms with Gasteiger partial charge in [0.25, 0.3) is 0 Å². The molecule has 1 atom stereocenters. The highest BCUT2D eigenvalue weighted by Gasteiger charge is 2.07. The fourth-order valence-electron chi connectivity index (χ4n) is 1.93. The normalized spacial score (nSPS) is 12.6. The van der Waals surface area contributed by atoms with E-state index in [4.69, 9.17) is 0 Å². The second kappa shape index (κ2) is 6.31. The van der Waals surface area contributed by atoms with E-state index in [1.54, 1.807) is 0 Å². The average Bonchev–Trinajstić information content (AvgIpc) is 2.85. The van der Waals surface area contributed by atoms with Gasteiger partial charge in [-0.2, -0.15) is 0 Å². The molecule has 2 heterocycles. The summed E-state index contributed by atoms with van der Waals surface area (Å²) in [5.41, 5.74) is 1.06. The van der Waals surface area contributed by atoms with Crippen molar-refractivity contribution < 1.29 is 0 Å². The van der Waals surface area contributed by atoms with E-state index >= 15 is 0 Å². The van der Waals surface area contributed by atoms with Crippen LogP contribution in [0.2, 0.25) is 0 Å². The topological polar surface area (TPSA) is 42.7 Å². The fraction of sp³-hybridized carbons (Fsp3) is 0.429. The third-order valence-corrected chi connectivity index (χ3v) is 2.96. The Hall–Kier alpha value is -1.68. The lowest BCUT2D eigenvalue weighted by Gasteiger charge is -2.13. The van der Waals surface area contributed by atoms with Crippen LogP contribution >= 0.6 is 0 Å². The summed E-state index contributed by atoms with van der Waals surface area (Å²) in [6, 6.07) is 6.22. The number of aryl methyl sites for hydroxylation is 1. The quantitative estimate of drug-likeness (QED) is 0.849. The molecule has 0 saturated heterocycles. The molecular weight excluding hydrogens is 224 g/mol. The number of aromatic nitrogens is 3. The third kappa shape index (κ3) is 3.17. The van der Waals surface area contributed by atoms with Gasteiger partial charge in [-0.1, -0.05) is 13.0 Å². The lowest BCUT2D eigenvalue weighted by atomic mass is 10.2. The van der Waals surface area contributed by atoms with Crippen molar-refractivity contribution in [3.63, 3.8) is 0 Å². The minimum Gasteiger partial charge on any atom is -0.334 e. The highest BCUT2D eigenvalue weighted by molar-refractivity contribution is 5.07. The van der Waals surface area contributed by atoms with Gasteiger partial charge in [0.05, 0.1) is 12.2 Å². The molecule has 0 radical (unpaired) electrons. The molecule has 4 nitrogen and oxygen atoms in total. The molecule has 2 aromatic rings. The summed E-state index contributed by atoms with van der Waals surface area (Å²) in [7, 11) is 0. The molecule has 0 aliphatic carbocycles. The van der Waals surface area contributed by atoms with Crippen molar-refractivity contribution in [2.75, 3.05) is 0 Å². The number of hydrogen-bond donors (Lipinski definition) is 1. The van der Waals surface area contributed by atoms with Crippen LogP contribution in [0.25, 0.3) is 0 Å². The van der Waals surface area contributed by atoms with Crippen molar-refractivity contribution in [3.8, 4) is 0 Å². The molecule has 0 unspecified atom stereocenters. The molecule has 0 amide bonds. The standard InChI is InChI=1S/C14H20N4/c1-3-9-18-10-8-16-14(18)11-17-12(2)13-6-4-5-7-15-13/h4-8,10,12,17H,3,9,11H2,1-2H3/t12-/m0/s1. The number of hydrogen-bond acceptors (Lipinski definition) is 3. The molecule has 2 rings (SSSR count). The summed E-state index contributed by atoms with van der Waals surface area (Å²) in [4.78, 5) is 8.73. The predicted molar refractivity (Wildman–Crippen MR) is 72.0 cm³/mol. The Balaban J connectivity index is 1.93. The molecular formula is C14H20N4. The van der Waals surface area contributed by atoms with Crippen LogP contribution in [-0.4, -0.2) is 14.5 Å². The summed E-state index contributed by atoms with van der Waals surface area (Å²) >= 11 is 0. The van der Waals surface area contributed by atoms with E-state index in [9.17, 15) is 0 Å². The zero-order valence-corrected chi connectivity index (χ0v) is 11.0. The molecule has 0 aliphatic heterocycles. The highest BCUT2D eigenvalue weighted by Crippen LogP contribution is 2.09. The molecule has 1 N–H and O–H groups in total. The van der Waals surface area contributed by atoms with Crippen LogP contribution < -0.4 is 5.32 Å². The van der Waals surface area contributed by atoms with Crippen LogP contribution in [0, 0.1) is 0 Å². The number of nitrogens with zero attached hydrogens (tertiary/aromatic N) is 3. The Kier molecular flexibility index (Phi) is 4.47. The first-order valence-corrected chi connectivity index (χ1v) is 6.45. The first-order chi connectivity index (χ1) is 8.81. The minimum absolute atomic E-state index is 0.234. The average molecular weight is 244 g/mol. The molecule has 2 aromatic heterocycles. The molecule has 0 aliphatic rings. The second-order valence-corrected chi connectivity index (χ2v) is 4.39. The van der Waals surface area contributed by atoms with Gasteiger partial charge in [-0.05, 0) is 25.5 Å². The Bertz CT molecular complexity index is 464. The van der Waals surface area contributed by atoms with Crippen molar-refractivity contribution in [3.05, 3.63) is 48.3 Å². The van der Waals surface area contributed by atoms with Crippen molar-refractivity contribution in [2.24, 2.45) is 0 Å². The number of pyridine rings is 1. The van der Waals surface area contributed by atoms with E-state index in [0.29, 0.717) is 0 Å². The maximum absolute atomic E-state index is 4.38. The molecule has 4 heteroatoms. The monoisotopic (exact) mass is 244 g/mol. The summed E-state index contributed by atoms with van der Waals surface area (Å²) in [6.45, 7) is 6.09. The van der Waals surface area contributed by atoms with Crippen LogP contribution in [0.1, 0.15) is 37.8 Å². The van der Waals surface area contributed by atoms with Gasteiger partial charge in [0.15, 0.2) is 0 Å². The molecule has 18 heavy (non-hydrogen) atoms. The SMILES string of the molecule is CCCn1ccnc1CN[C@@H](C)c1ccccn1. The molecule has 0 spiro atoms. The highest BCUT2D eigenvalue weighted by atomic mass is 15.1. The van der Waals surface area contributed by atoms with Gasteiger partial charge >= 0.3 is 0 Å². The first kappa shape index (κ1) is 12.8. The zero-order chi connectivity index (χ0) is 12.8. The smallest absolute Gasteiger partial charge is 0.122 e. The maximum atomic E-state index is 4.38. The van der Waals surface area contributed by atoms with Crippen molar-refractivity contribution in [1.82, 2.24) is 19.9 Å². The van der Waals surface area contributed by atoms with E-state index in [1.807, 2.05) is 36.8 Å². The Labute approximate surface area is 108 Å². The Morgan fingerprint density at radius 1 is 1.28 bits per heavy atom. The van der Waals surface area contributed by atoms with E-state index in [0.717, 1.165) is 31.0 Å². The first-order valence-electron chi connectivity index (χ1n) is 6.45. The van der Waals surface area contributed by atoms with Crippen LogP contribution in [0.4, 0.5) is 0 Å². The summed E-state index contributed by atoms with van der Waals surface area (Å²) in [5, 5.41) is 3.45. The summed E-state index contributed by atoms with van der Waals surface area (Å²) in [5.74, 6) is 1.08. The molecule has 0 fully saturated rings. The summed E-state index contributed by atoms with van der Waals surface area (Å²) in [6.07, 6.45) is 6.84. The van der Waals surface area contributed by atoms with Gasteiger partial charge in [0, 0.05) is 31.2 Å². The second-order valence-electron chi connectivity index (χ2n) is 4.39. The van der Waals surface area contributed by atoms with Gasteiger partial charge in [0.2, 0.25) is 0 Å². The predicted octanol–water partition coefficient (Wildman–Crippen LogP) is 2.54. The van der Waals surface area contributed by atoms with Gasteiger partial charge in [-0.15, -0.1) is 0 Å². The van der Waals surface area contributed by atoms with Gasteiger partial charge in [0.1, 0.15) is 5.82 Å². The van der Waals surface area contributed by atoms with Gasteiger partial charge in [-0.25, -0.2) is 4.98 Å². The molecule has 96 valence electrons. The fourth-order valence-corrected chi connectivity index (χ4v) is 1.93. The van der Waals surface area contributed by atoms with E-state index in [2.05, 4.69) is 33.7 Å².